The smallest absolute Gasteiger partial charge is 0.192 e. The van der Waals surface area contributed by atoms with Gasteiger partial charge in [0, 0.05) is 23.3 Å². The standard InChI is InChI=1S/C14H17N3S/c1-10-8-16-14(17-9-10)18-13-6-4-3-5-12(13)7-11(2)15/h3-6,8-9,11H,7,15H2,1-2H3. The van der Waals surface area contributed by atoms with E-state index in [1.54, 1.807) is 11.8 Å². The van der Waals surface area contributed by atoms with E-state index in [0.29, 0.717) is 0 Å². The molecule has 1 atom stereocenters. The molecule has 18 heavy (non-hydrogen) atoms. The van der Waals surface area contributed by atoms with E-state index in [4.69, 9.17) is 5.73 Å². The second-order valence-corrected chi connectivity index (χ2v) is 5.44. The topological polar surface area (TPSA) is 51.8 Å². The maximum atomic E-state index is 5.87. The summed E-state index contributed by atoms with van der Waals surface area (Å²) in [6.07, 6.45) is 4.54. The first kappa shape index (κ1) is 13.1. The van der Waals surface area contributed by atoms with Gasteiger partial charge in [-0.2, -0.15) is 0 Å². The zero-order chi connectivity index (χ0) is 13.0. The van der Waals surface area contributed by atoms with E-state index in [-0.39, 0.29) is 6.04 Å². The van der Waals surface area contributed by atoms with Crippen LogP contribution in [0.1, 0.15) is 18.1 Å². The van der Waals surface area contributed by atoms with E-state index in [1.807, 2.05) is 38.4 Å². The summed E-state index contributed by atoms with van der Waals surface area (Å²) in [7, 11) is 0. The lowest BCUT2D eigenvalue weighted by molar-refractivity contribution is 0.729. The fourth-order valence-corrected chi connectivity index (χ4v) is 2.49. The van der Waals surface area contributed by atoms with E-state index >= 15 is 0 Å². The van der Waals surface area contributed by atoms with Crippen LogP contribution in [0.3, 0.4) is 0 Å². The number of nitrogens with zero attached hydrogens (tertiary/aromatic N) is 2. The summed E-state index contributed by atoms with van der Waals surface area (Å²) >= 11 is 1.59. The zero-order valence-corrected chi connectivity index (χ0v) is 11.4. The van der Waals surface area contributed by atoms with Crippen LogP contribution in [0.15, 0.2) is 46.7 Å². The highest BCUT2D eigenvalue weighted by atomic mass is 32.2. The molecule has 0 aliphatic rings. The maximum Gasteiger partial charge on any atom is 0.192 e. The Hall–Kier alpha value is -1.39. The number of aryl methyl sites for hydroxylation is 1. The van der Waals surface area contributed by atoms with Gasteiger partial charge in [0.05, 0.1) is 0 Å². The molecule has 2 N–H and O–H groups in total. The van der Waals surface area contributed by atoms with Crippen molar-refractivity contribution in [1.29, 1.82) is 0 Å². The van der Waals surface area contributed by atoms with Gasteiger partial charge in [-0.15, -0.1) is 0 Å². The Morgan fingerprint density at radius 3 is 2.56 bits per heavy atom. The number of hydrogen-bond donors (Lipinski definition) is 1. The van der Waals surface area contributed by atoms with Crippen molar-refractivity contribution in [3.63, 3.8) is 0 Å². The lowest BCUT2D eigenvalue weighted by Crippen LogP contribution is -2.18. The average molecular weight is 259 g/mol. The lowest BCUT2D eigenvalue weighted by atomic mass is 10.1. The molecule has 2 rings (SSSR count). The highest BCUT2D eigenvalue weighted by molar-refractivity contribution is 7.99. The molecule has 0 aliphatic heterocycles. The Kier molecular flexibility index (Phi) is 4.33. The fourth-order valence-electron chi connectivity index (χ4n) is 1.65. The molecule has 4 heteroatoms. The number of rotatable bonds is 4. The van der Waals surface area contributed by atoms with E-state index in [9.17, 15) is 0 Å². The van der Waals surface area contributed by atoms with Gasteiger partial charge in [-0.3, -0.25) is 0 Å². The Morgan fingerprint density at radius 2 is 1.89 bits per heavy atom. The van der Waals surface area contributed by atoms with Crippen LogP contribution < -0.4 is 5.73 Å². The SMILES string of the molecule is Cc1cnc(Sc2ccccc2CC(C)N)nc1. The van der Waals surface area contributed by atoms with Crippen LogP contribution in [0.5, 0.6) is 0 Å². The largest absolute Gasteiger partial charge is 0.328 e. The van der Waals surface area contributed by atoms with Crippen molar-refractivity contribution in [2.75, 3.05) is 0 Å². The van der Waals surface area contributed by atoms with Gasteiger partial charge in [-0.1, -0.05) is 18.2 Å². The molecular weight excluding hydrogens is 242 g/mol. The Balaban J connectivity index is 2.20. The second-order valence-electron chi connectivity index (χ2n) is 4.43. The van der Waals surface area contributed by atoms with E-state index in [1.165, 1.54) is 10.5 Å². The van der Waals surface area contributed by atoms with E-state index in [2.05, 4.69) is 22.1 Å². The zero-order valence-electron chi connectivity index (χ0n) is 10.6. The summed E-state index contributed by atoms with van der Waals surface area (Å²) in [4.78, 5) is 9.81. The molecule has 1 heterocycles. The van der Waals surface area contributed by atoms with Crippen molar-refractivity contribution in [1.82, 2.24) is 9.97 Å². The minimum atomic E-state index is 0.158. The monoisotopic (exact) mass is 259 g/mol. The van der Waals surface area contributed by atoms with Gasteiger partial charge in [-0.05, 0) is 49.2 Å². The highest BCUT2D eigenvalue weighted by Crippen LogP contribution is 2.28. The molecule has 0 saturated carbocycles. The van der Waals surface area contributed by atoms with Crippen molar-refractivity contribution in [2.24, 2.45) is 5.73 Å². The van der Waals surface area contributed by atoms with Crippen LogP contribution in [-0.2, 0) is 6.42 Å². The van der Waals surface area contributed by atoms with Gasteiger partial charge in [0.25, 0.3) is 0 Å². The molecule has 0 fully saturated rings. The summed E-state index contributed by atoms with van der Waals surface area (Å²) in [5.74, 6) is 0. The second kappa shape index (κ2) is 5.98. The van der Waals surface area contributed by atoms with Crippen molar-refractivity contribution >= 4 is 11.8 Å². The normalized spacial score (nSPS) is 12.4. The van der Waals surface area contributed by atoms with Gasteiger partial charge in [0.15, 0.2) is 5.16 Å². The first-order valence-electron chi connectivity index (χ1n) is 5.95. The molecule has 1 aromatic carbocycles. The first-order valence-corrected chi connectivity index (χ1v) is 6.77. The summed E-state index contributed by atoms with van der Waals surface area (Å²) in [6.45, 7) is 4.00. The molecule has 2 aromatic rings. The molecule has 3 nitrogen and oxygen atoms in total. The van der Waals surface area contributed by atoms with Crippen LogP contribution in [-0.4, -0.2) is 16.0 Å². The maximum absolute atomic E-state index is 5.87. The number of hydrogen-bond acceptors (Lipinski definition) is 4. The van der Waals surface area contributed by atoms with E-state index < -0.39 is 0 Å². The van der Waals surface area contributed by atoms with Gasteiger partial charge in [-0.25, -0.2) is 9.97 Å². The van der Waals surface area contributed by atoms with Crippen LogP contribution in [0.2, 0.25) is 0 Å². The molecule has 0 radical (unpaired) electrons. The lowest BCUT2D eigenvalue weighted by Gasteiger charge is -2.10. The predicted octanol–water partition coefficient (Wildman–Crippen LogP) is 2.83. The fraction of sp³-hybridized carbons (Fsp3) is 0.286. The minimum absolute atomic E-state index is 0.158. The number of aromatic nitrogens is 2. The third kappa shape index (κ3) is 3.55. The predicted molar refractivity (Wildman–Crippen MR) is 74.7 cm³/mol. The van der Waals surface area contributed by atoms with Gasteiger partial charge < -0.3 is 5.73 Å². The van der Waals surface area contributed by atoms with Crippen molar-refractivity contribution in [3.05, 3.63) is 47.8 Å². The summed E-state index contributed by atoms with van der Waals surface area (Å²) in [6, 6.07) is 8.43. The summed E-state index contributed by atoms with van der Waals surface area (Å²) in [5, 5.41) is 0.776. The quantitative estimate of drug-likeness (QED) is 0.858. The molecule has 94 valence electrons. The Morgan fingerprint density at radius 1 is 1.22 bits per heavy atom. The number of nitrogens with two attached hydrogens (primary N) is 1. The van der Waals surface area contributed by atoms with Gasteiger partial charge >= 0.3 is 0 Å². The van der Waals surface area contributed by atoms with E-state index in [0.717, 1.165) is 17.1 Å². The molecule has 0 aliphatic carbocycles. The molecule has 0 amide bonds. The molecule has 0 spiro atoms. The molecular formula is C14H17N3S. The first-order chi connectivity index (χ1) is 8.65. The Labute approximate surface area is 112 Å². The van der Waals surface area contributed by atoms with Crippen LogP contribution in [0, 0.1) is 6.92 Å². The van der Waals surface area contributed by atoms with Crippen LogP contribution >= 0.6 is 11.8 Å². The van der Waals surface area contributed by atoms with Crippen LogP contribution in [0.4, 0.5) is 0 Å². The van der Waals surface area contributed by atoms with Gasteiger partial charge in [0.1, 0.15) is 0 Å². The van der Waals surface area contributed by atoms with Crippen molar-refractivity contribution < 1.29 is 0 Å². The Bertz CT molecular complexity index is 509. The summed E-state index contributed by atoms with van der Waals surface area (Å²) in [5.41, 5.74) is 8.19. The molecule has 1 aromatic heterocycles. The average Bonchev–Trinajstić information content (AvgIpc) is 2.34. The van der Waals surface area contributed by atoms with Crippen molar-refractivity contribution in [3.8, 4) is 0 Å². The third-order valence-electron chi connectivity index (χ3n) is 2.47. The summed E-state index contributed by atoms with van der Waals surface area (Å²) < 4.78 is 0. The molecule has 0 saturated heterocycles. The number of benzene rings is 1. The van der Waals surface area contributed by atoms with Crippen molar-refractivity contribution in [2.45, 2.75) is 36.4 Å². The minimum Gasteiger partial charge on any atom is -0.328 e. The molecule has 1 unspecified atom stereocenters. The molecule has 0 bridgehead atoms. The highest BCUT2D eigenvalue weighted by Gasteiger charge is 2.07. The van der Waals surface area contributed by atoms with Crippen LogP contribution in [0.25, 0.3) is 0 Å². The third-order valence-corrected chi connectivity index (χ3v) is 3.48. The van der Waals surface area contributed by atoms with Gasteiger partial charge in [0.2, 0.25) is 0 Å².